The zero-order valence-corrected chi connectivity index (χ0v) is 22.1. The molecule has 2 unspecified atom stereocenters. The Bertz CT molecular complexity index is 1440. The average Bonchev–Trinajstić information content (AvgIpc) is 2.91. The van der Waals surface area contributed by atoms with E-state index in [-0.39, 0.29) is 49.3 Å². The molecule has 0 saturated heterocycles. The summed E-state index contributed by atoms with van der Waals surface area (Å²) in [5, 5.41) is 20.1. The molecule has 2 atom stereocenters. The van der Waals surface area contributed by atoms with Gasteiger partial charge in [0.1, 0.15) is 5.82 Å². The van der Waals surface area contributed by atoms with E-state index in [1.807, 2.05) is 30.3 Å². The van der Waals surface area contributed by atoms with Gasteiger partial charge < -0.3 is 36.1 Å². The van der Waals surface area contributed by atoms with Crippen LogP contribution < -0.4 is 16.4 Å². The molecule has 0 bridgehead atoms. The fraction of sp³-hybridized carbons (Fsp3) is 0.259. The molecule has 1 aliphatic heterocycles. The largest absolute Gasteiger partial charge is 0.479 e. The van der Waals surface area contributed by atoms with E-state index in [1.165, 1.54) is 18.2 Å². The van der Waals surface area contributed by atoms with Crippen molar-refractivity contribution in [1.29, 1.82) is 0 Å². The van der Waals surface area contributed by atoms with Crippen molar-refractivity contribution in [2.75, 3.05) is 43.7 Å². The maximum absolute atomic E-state index is 14.1. The summed E-state index contributed by atoms with van der Waals surface area (Å²) >= 11 is 0. The summed E-state index contributed by atoms with van der Waals surface area (Å²) in [6.07, 6.45) is 0.142. The summed E-state index contributed by atoms with van der Waals surface area (Å²) in [5.74, 6) is 3.92. The van der Waals surface area contributed by atoms with E-state index in [9.17, 15) is 19.8 Å². The Hall–Kier alpha value is -4.21. The van der Waals surface area contributed by atoms with Gasteiger partial charge in [0.05, 0.1) is 12.3 Å². The molecule has 2 heterocycles. The number of aliphatic hydroxyl groups excluding tert-OH is 1. The molecule has 0 fully saturated rings. The number of nitrogens with two attached hydrogens (primary N) is 2. The molecule has 0 spiro atoms. The van der Waals surface area contributed by atoms with Gasteiger partial charge in [0.15, 0.2) is 6.23 Å². The molecule has 39 heavy (non-hydrogen) atoms. The maximum Gasteiger partial charge on any atom is 0.349 e. The van der Waals surface area contributed by atoms with E-state index >= 15 is 0 Å². The van der Waals surface area contributed by atoms with Crippen LogP contribution in [0.3, 0.4) is 0 Å². The molecule has 1 aromatic heterocycles. The first-order valence-electron chi connectivity index (χ1n) is 11.6. The number of benzene rings is 2. The number of anilines is 3. The van der Waals surface area contributed by atoms with Gasteiger partial charge in [-0.25, -0.2) is 9.78 Å². The fourth-order valence-electron chi connectivity index (χ4n) is 4.62. The molecule has 3 aromatic rings. The Balaban J connectivity index is 0.00000420. The van der Waals surface area contributed by atoms with Crippen LogP contribution in [0.15, 0.2) is 48.7 Å². The smallest absolute Gasteiger partial charge is 0.349 e. The zero-order chi connectivity index (χ0) is 27.4. The van der Waals surface area contributed by atoms with Gasteiger partial charge in [0, 0.05) is 55.6 Å². The number of halogens is 1. The fourth-order valence-corrected chi connectivity index (χ4v) is 4.62. The number of fused-ring (bicyclic) bond motifs is 1. The topological polar surface area (TPSA) is 174 Å². The van der Waals surface area contributed by atoms with E-state index in [0.717, 1.165) is 12.7 Å². The van der Waals surface area contributed by atoms with Crippen LogP contribution in [0, 0.1) is 11.8 Å². The van der Waals surface area contributed by atoms with Crippen LogP contribution >= 0.6 is 12.4 Å². The number of carboxylic acids is 1. The normalized spacial score (nSPS) is 18.0. The molecule has 2 aromatic carbocycles. The van der Waals surface area contributed by atoms with E-state index in [1.54, 1.807) is 12.1 Å². The van der Waals surface area contributed by atoms with Gasteiger partial charge in [0.25, 0.3) is 5.60 Å². The lowest BCUT2D eigenvalue weighted by Gasteiger charge is -2.46. The number of nitrogens with zero attached hydrogens (tertiary/aromatic N) is 3. The van der Waals surface area contributed by atoms with Gasteiger partial charge in [-0.1, -0.05) is 30.0 Å². The predicted octanol–water partition coefficient (Wildman–Crippen LogP) is 1.49. The van der Waals surface area contributed by atoms with Crippen molar-refractivity contribution >= 4 is 41.6 Å². The number of β-amino-alcohol motifs (C(OH)–C–C–N with tert-alkyl or cyclic N) is 1. The highest BCUT2D eigenvalue weighted by Gasteiger charge is 2.60. The van der Waals surface area contributed by atoms with E-state index in [0.29, 0.717) is 22.4 Å². The lowest BCUT2D eigenvalue weighted by atomic mass is 9.80. The quantitative estimate of drug-likeness (QED) is 0.246. The second-order valence-electron chi connectivity index (χ2n) is 8.50. The van der Waals surface area contributed by atoms with Gasteiger partial charge in [-0.2, -0.15) is 4.98 Å². The van der Waals surface area contributed by atoms with Crippen molar-refractivity contribution < 1.29 is 29.3 Å². The minimum absolute atomic E-state index is 0. The number of aliphatic hydroxyl groups is 1. The van der Waals surface area contributed by atoms with Crippen molar-refractivity contribution in [3.05, 3.63) is 76.5 Å². The molecule has 11 nitrogen and oxygen atoms in total. The van der Waals surface area contributed by atoms with Crippen LogP contribution in [-0.2, 0) is 20.7 Å². The van der Waals surface area contributed by atoms with Crippen LogP contribution in [0.25, 0.3) is 0 Å². The molecule has 6 N–H and O–H groups in total. The highest BCUT2D eigenvalue weighted by atomic mass is 35.5. The van der Waals surface area contributed by atoms with Crippen molar-refractivity contribution in [3.8, 4) is 11.8 Å². The van der Waals surface area contributed by atoms with Gasteiger partial charge in [-0.15, -0.1) is 12.4 Å². The third kappa shape index (κ3) is 5.23. The van der Waals surface area contributed by atoms with Gasteiger partial charge in [0.2, 0.25) is 11.7 Å². The number of hydrogen-bond acceptors (Lipinski definition) is 10. The second-order valence-corrected chi connectivity index (χ2v) is 8.50. The Labute approximate surface area is 231 Å². The summed E-state index contributed by atoms with van der Waals surface area (Å²) in [6, 6.07) is 12.6. The highest BCUT2D eigenvalue weighted by molar-refractivity contribution is 6.21. The Kier molecular flexibility index (Phi) is 9.11. The molecule has 0 radical (unpaired) electrons. The monoisotopic (exact) mass is 553 g/mol. The zero-order valence-electron chi connectivity index (χ0n) is 21.2. The Morgan fingerprint density at radius 3 is 2.46 bits per heavy atom. The van der Waals surface area contributed by atoms with Crippen molar-refractivity contribution in [2.45, 2.75) is 18.2 Å². The number of carboxylic acid groups (broad SMARTS) is 1. The standard InChI is InChI=1S/C27H27N5O6.ClH/c1-37-24-27(38-2,25(35)36)22(34)21-19(14-18-15-30-26(29)31-23(18)28)17(9-8-16-6-4-3-5-7-16)10-11-20(21)32(24)12-13-33;/h3-7,10-11,15,24,33H,12-14H2,1-2H3,(H,35,36)(H4,28,29,30,31);1H. The third-order valence-electron chi connectivity index (χ3n) is 6.40. The first-order valence-corrected chi connectivity index (χ1v) is 11.6. The summed E-state index contributed by atoms with van der Waals surface area (Å²) in [4.78, 5) is 36.2. The van der Waals surface area contributed by atoms with E-state index in [4.69, 9.17) is 20.9 Å². The van der Waals surface area contributed by atoms with E-state index in [2.05, 4.69) is 21.8 Å². The van der Waals surface area contributed by atoms with Crippen LogP contribution in [-0.4, -0.2) is 71.1 Å². The molecular weight excluding hydrogens is 526 g/mol. The number of nitrogen functional groups attached to an aromatic ring is 2. The summed E-state index contributed by atoms with van der Waals surface area (Å²) in [6.45, 7) is -0.366. The summed E-state index contributed by atoms with van der Waals surface area (Å²) < 4.78 is 10.9. The van der Waals surface area contributed by atoms with Crippen LogP contribution in [0.4, 0.5) is 17.5 Å². The predicted molar refractivity (Wildman–Crippen MR) is 147 cm³/mol. The van der Waals surface area contributed by atoms with E-state index < -0.39 is 23.6 Å². The van der Waals surface area contributed by atoms with Crippen molar-refractivity contribution in [2.24, 2.45) is 0 Å². The number of rotatable bonds is 7. The SMILES string of the molecule is COC1N(CCO)c2ccc(C#Cc3ccccc3)c(Cc3cnc(N)nc3N)c2C(=O)C1(OC)C(=O)O.Cl. The summed E-state index contributed by atoms with van der Waals surface area (Å²) in [5.41, 5.74) is 11.8. The van der Waals surface area contributed by atoms with Crippen LogP contribution in [0.5, 0.6) is 0 Å². The van der Waals surface area contributed by atoms with Gasteiger partial charge >= 0.3 is 5.97 Å². The van der Waals surface area contributed by atoms with Crippen molar-refractivity contribution in [1.82, 2.24) is 9.97 Å². The molecule has 0 aliphatic carbocycles. The minimum Gasteiger partial charge on any atom is -0.479 e. The summed E-state index contributed by atoms with van der Waals surface area (Å²) in [7, 11) is 2.40. The highest BCUT2D eigenvalue weighted by Crippen LogP contribution is 2.42. The minimum atomic E-state index is -2.42. The molecule has 204 valence electrons. The van der Waals surface area contributed by atoms with Crippen molar-refractivity contribution in [3.63, 3.8) is 0 Å². The number of hydrogen-bond donors (Lipinski definition) is 4. The third-order valence-corrected chi connectivity index (χ3v) is 6.40. The number of aliphatic carboxylic acids is 1. The molecule has 4 rings (SSSR count). The maximum atomic E-state index is 14.1. The molecule has 12 heteroatoms. The first kappa shape index (κ1) is 29.3. The van der Waals surface area contributed by atoms with Crippen LogP contribution in [0.1, 0.15) is 32.6 Å². The number of ether oxygens (including phenoxy) is 2. The lowest BCUT2D eigenvalue weighted by molar-refractivity contribution is -0.171. The molecule has 0 amide bonds. The molecule has 0 saturated carbocycles. The van der Waals surface area contributed by atoms with Crippen LogP contribution in [0.2, 0.25) is 0 Å². The first-order chi connectivity index (χ1) is 18.3. The average molecular weight is 554 g/mol. The number of Topliss-reactive ketones (excluding diaryl/α,β-unsaturated/α-hetero) is 1. The number of carbonyl (C=O) groups is 2. The van der Waals surface area contributed by atoms with Gasteiger partial charge in [-0.05, 0) is 29.8 Å². The number of methoxy groups -OCH3 is 2. The second kappa shape index (κ2) is 12.1. The molecule has 1 aliphatic rings. The Morgan fingerprint density at radius 2 is 1.87 bits per heavy atom. The number of aromatic nitrogens is 2. The number of ketones is 1. The van der Waals surface area contributed by atoms with Gasteiger partial charge in [-0.3, -0.25) is 4.79 Å². The Morgan fingerprint density at radius 1 is 1.15 bits per heavy atom. The lowest BCUT2D eigenvalue weighted by Crippen LogP contribution is -2.67. The number of carbonyl (C=O) groups excluding carboxylic acids is 1. The molecular formula is C27H28ClN5O6.